The second-order valence-corrected chi connectivity index (χ2v) is 3.81. The Morgan fingerprint density at radius 1 is 1.44 bits per heavy atom. The molecule has 0 saturated carbocycles. The van der Waals surface area contributed by atoms with Gasteiger partial charge in [-0.15, -0.1) is 0 Å². The van der Waals surface area contributed by atoms with Crippen LogP contribution >= 0.6 is 0 Å². The highest BCUT2D eigenvalue weighted by Crippen LogP contribution is 2.33. The van der Waals surface area contributed by atoms with Crippen LogP contribution in [0.5, 0.6) is 11.5 Å². The van der Waals surface area contributed by atoms with E-state index in [1.165, 1.54) is 0 Å². The van der Waals surface area contributed by atoms with Crippen LogP contribution in [0.4, 0.5) is 0 Å². The molecule has 0 fully saturated rings. The summed E-state index contributed by atoms with van der Waals surface area (Å²) in [6.45, 7) is 1.92. The third-order valence-electron chi connectivity index (χ3n) is 2.56. The van der Waals surface area contributed by atoms with Gasteiger partial charge in [0.15, 0.2) is 0 Å². The summed E-state index contributed by atoms with van der Waals surface area (Å²) in [5, 5.41) is 0. The van der Waals surface area contributed by atoms with Gasteiger partial charge in [0.25, 0.3) is 0 Å². The van der Waals surface area contributed by atoms with Crippen molar-refractivity contribution in [1.82, 2.24) is 0 Å². The van der Waals surface area contributed by atoms with Crippen LogP contribution in [0, 0.1) is 0 Å². The molecule has 1 aromatic carbocycles. The van der Waals surface area contributed by atoms with E-state index in [1.807, 2.05) is 18.2 Å². The van der Waals surface area contributed by atoms with E-state index in [1.54, 1.807) is 7.11 Å². The van der Waals surface area contributed by atoms with E-state index >= 15 is 0 Å². The predicted octanol–water partition coefficient (Wildman–Crippen LogP) is 1.49. The van der Waals surface area contributed by atoms with E-state index in [0.29, 0.717) is 19.8 Å². The zero-order valence-electron chi connectivity index (χ0n) is 9.44. The molecule has 1 heterocycles. The molecule has 16 heavy (non-hydrogen) atoms. The highest BCUT2D eigenvalue weighted by atomic mass is 16.5. The highest BCUT2D eigenvalue weighted by molar-refractivity contribution is 5.44. The van der Waals surface area contributed by atoms with Crippen LogP contribution in [-0.4, -0.2) is 26.9 Å². The summed E-state index contributed by atoms with van der Waals surface area (Å²) in [6, 6.07) is 5.80. The molecule has 0 aliphatic carbocycles. The van der Waals surface area contributed by atoms with Crippen molar-refractivity contribution in [2.24, 2.45) is 5.73 Å². The van der Waals surface area contributed by atoms with E-state index in [0.717, 1.165) is 23.5 Å². The lowest BCUT2D eigenvalue weighted by Gasteiger charge is -2.07. The summed E-state index contributed by atoms with van der Waals surface area (Å²) < 4.78 is 16.0. The van der Waals surface area contributed by atoms with E-state index in [-0.39, 0.29) is 6.04 Å². The number of fused-ring (bicyclic) bond motifs is 1. The van der Waals surface area contributed by atoms with Crippen LogP contribution < -0.4 is 15.2 Å². The van der Waals surface area contributed by atoms with Crippen molar-refractivity contribution in [1.29, 1.82) is 0 Å². The van der Waals surface area contributed by atoms with Crippen molar-refractivity contribution >= 4 is 0 Å². The summed E-state index contributed by atoms with van der Waals surface area (Å²) >= 11 is 0. The molecule has 1 unspecified atom stereocenters. The fourth-order valence-electron chi connectivity index (χ4n) is 1.70. The average Bonchev–Trinajstić information content (AvgIpc) is 2.66. The van der Waals surface area contributed by atoms with E-state index in [9.17, 15) is 0 Å². The molecule has 0 bridgehead atoms. The van der Waals surface area contributed by atoms with Crippen molar-refractivity contribution < 1.29 is 14.2 Å². The Bertz CT molecular complexity index is 354. The lowest BCUT2D eigenvalue weighted by molar-refractivity contribution is 0.172. The minimum atomic E-state index is -0.00228. The minimum absolute atomic E-state index is 0.00228. The Balaban J connectivity index is 1.92. The number of ether oxygens (including phenoxy) is 3. The lowest BCUT2D eigenvalue weighted by Crippen LogP contribution is -2.10. The number of hydrogen-bond donors (Lipinski definition) is 1. The fraction of sp³-hybridized carbons (Fsp3) is 0.500. The van der Waals surface area contributed by atoms with Crippen LogP contribution in [0.2, 0.25) is 0 Å². The summed E-state index contributed by atoms with van der Waals surface area (Å²) in [6.07, 6.45) is 0.883. The second kappa shape index (κ2) is 5.18. The van der Waals surface area contributed by atoms with Gasteiger partial charge < -0.3 is 19.9 Å². The Kier molecular flexibility index (Phi) is 3.64. The van der Waals surface area contributed by atoms with E-state index in [4.69, 9.17) is 19.9 Å². The van der Waals surface area contributed by atoms with Crippen LogP contribution in [0.25, 0.3) is 0 Å². The lowest BCUT2D eigenvalue weighted by atomic mass is 10.1. The zero-order valence-corrected chi connectivity index (χ0v) is 9.44. The first-order chi connectivity index (χ1) is 7.81. The highest BCUT2D eigenvalue weighted by Gasteiger charge is 2.20. The van der Waals surface area contributed by atoms with Gasteiger partial charge in [-0.3, -0.25) is 0 Å². The molecule has 0 radical (unpaired) electrons. The maximum atomic E-state index is 5.85. The van der Waals surface area contributed by atoms with Crippen LogP contribution in [0.3, 0.4) is 0 Å². The molecule has 0 saturated heterocycles. The molecule has 88 valence electrons. The number of nitrogens with two attached hydrogens (primary N) is 1. The van der Waals surface area contributed by atoms with Gasteiger partial charge in [0, 0.05) is 31.8 Å². The number of benzene rings is 1. The maximum Gasteiger partial charge on any atom is 0.127 e. The van der Waals surface area contributed by atoms with E-state index < -0.39 is 0 Å². The normalized spacial score (nSPS) is 18.0. The number of methoxy groups -OCH3 is 1. The Labute approximate surface area is 95.3 Å². The van der Waals surface area contributed by atoms with Crippen molar-refractivity contribution in [2.45, 2.75) is 12.5 Å². The van der Waals surface area contributed by atoms with Crippen LogP contribution in [0.15, 0.2) is 18.2 Å². The molecule has 0 aromatic heterocycles. The van der Waals surface area contributed by atoms with Crippen molar-refractivity contribution in [3.05, 3.63) is 23.8 Å². The summed E-state index contributed by atoms with van der Waals surface area (Å²) in [4.78, 5) is 0. The molecule has 4 heteroatoms. The smallest absolute Gasteiger partial charge is 0.127 e. The third kappa shape index (κ3) is 2.46. The molecule has 1 aliphatic heterocycles. The second-order valence-electron chi connectivity index (χ2n) is 3.81. The molecule has 4 nitrogen and oxygen atoms in total. The Hall–Kier alpha value is -1.26. The molecule has 1 atom stereocenters. The molecule has 1 aliphatic rings. The third-order valence-corrected chi connectivity index (χ3v) is 2.56. The summed E-state index contributed by atoms with van der Waals surface area (Å²) in [5.41, 5.74) is 6.91. The van der Waals surface area contributed by atoms with Gasteiger partial charge in [0.1, 0.15) is 18.1 Å². The van der Waals surface area contributed by atoms with Gasteiger partial charge >= 0.3 is 0 Å². The minimum Gasteiger partial charge on any atom is -0.493 e. The van der Waals surface area contributed by atoms with Crippen molar-refractivity contribution in [3.63, 3.8) is 0 Å². The zero-order chi connectivity index (χ0) is 11.4. The monoisotopic (exact) mass is 223 g/mol. The SMILES string of the molecule is COCCCOc1ccc2c(c1)OCC2N. The first-order valence-electron chi connectivity index (χ1n) is 5.45. The molecule has 0 spiro atoms. The van der Waals surface area contributed by atoms with Gasteiger partial charge in [-0.2, -0.15) is 0 Å². The first kappa shape index (κ1) is 11.2. The topological polar surface area (TPSA) is 53.7 Å². The van der Waals surface area contributed by atoms with Gasteiger partial charge in [0.05, 0.1) is 12.6 Å². The largest absolute Gasteiger partial charge is 0.493 e. The van der Waals surface area contributed by atoms with Gasteiger partial charge in [-0.25, -0.2) is 0 Å². The maximum absolute atomic E-state index is 5.85. The van der Waals surface area contributed by atoms with Gasteiger partial charge in [0.2, 0.25) is 0 Å². The molecule has 1 aromatic rings. The molecule has 2 N–H and O–H groups in total. The quantitative estimate of drug-likeness (QED) is 0.768. The van der Waals surface area contributed by atoms with Crippen LogP contribution in [-0.2, 0) is 4.74 Å². The standard InChI is InChI=1S/C12H17NO3/c1-14-5-2-6-15-9-3-4-10-11(13)8-16-12(10)7-9/h3-4,7,11H,2,5-6,8,13H2,1H3. The van der Waals surface area contributed by atoms with Gasteiger partial charge in [-0.05, 0) is 12.1 Å². The molecule has 2 rings (SSSR count). The Morgan fingerprint density at radius 2 is 2.31 bits per heavy atom. The average molecular weight is 223 g/mol. The number of rotatable bonds is 5. The van der Waals surface area contributed by atoms with Crippen molar-refractivity contribution in [2.75, 3.05) is 26.9 Å². The summed E-state index contributed by atoms with van der Waals surface area (Å²) in [5.74, 6) is 1.67. The molecular formula is C12H17NO3. The Morgan fingerprint density at radius 3 is 3.12 bits per heavy atom. The van der Waals surface area contributed by atoms with Crippen molar-refractivity contribution in [3.8, 4) is 11.5 Å². The molecular weight excluding hydrogens is 206 g/mol. The van der Waals surface area contributed by atoms with Gasteiger partial charge in [-0.1, -0.05) is 0 Å². The predicted molar refractivity (Wildman–Crippen MR) is 60.9 cm³/mol. The summed E-state index contributed by atoms with van der Waals surface area (Å²) in [7, 11) is 1.69. The van der Waals surface area contributed by atoms with Crippen LogP contribution in [0.1, 0.15) is 18.0 Å². The van der Waals surface area contributed by atoms with E-state index in [2.05, 4.69) is 0 Å². The number of hydrogen-bond acceptors (Lipinski definition) is 4. The fourth-order valence-corrected chi connectivity index (χ4v) is 1.70. The first-order valence-corrected chi connectivity index (χ1v) is 5.45. The molecule has 0 amide bonds.